The summed E-state index contributed by atoms with van der Waals surface area (Å²) in [4.78, 5) is 0. The van der Waals surface area contributed by atoms with Crippen molar-refractivity contribution < 1.29 is 0 Å². The van der Waals surface area contributed by atoms with Crippen molar-refractivity contribution in [2.45, 2.75) is 33.7 Å². The maximum Gasteiger partial charge on any atom is 0.0482 e. The summed E-state index contributed by atoms with van der Waals surface area (Å²) in [6.07, 6.45) is 0. The van der Waals surface area contributed by atoms with Gasteiger partial charge in [0.05, 0.1) is 0 Å². The minimum absolute atomic E-state index is 0.245. The van der Waals surface area contributed by atoms with Crippen molar-refractivity contribution in [3.63, 3.8) is 0 Å². The molecule has 0 radical (unpaired) electrons. The number of aryl methyl sites for hydroxylation is 2. The highest BCUT2D eigenvalue weighted by atomic mass is 15.2. The van der Waals surface area contributed by atoms with Gasteiger partial charge in [0.15, 0.2) is 0 Å². The first kappa shape index (κ1) is 11.2. The number of hydrogen-bond donors (Lipinski definition) is 2. The molecule has 1 aromatic rings. The lowest BCUT2D eigenvalue weighted by atomic mass is 9.94. The summed E-state index contributed by atoms with van der Waals surface area (Å²) < 4.78 is 0. The fourth-order valence-electron chi connectivity index (χ4n) is 1.63. The van der Waals surface area contributed by atoms with Crippen LogP contribution in [0.5, 0.6) is 0 Å². The Morgan fingerprint density at radius 3 is 2.21 bits per heavy atom. The number of hydrazine groups is 1. The van der Waals surface area contributed by atoms with Crippen molar-refractivity contribution >= 4 is 0 Å². The Bertz CT molecular complexity index is 305. The monoisotopic (exact) mass is 192 g/mol. The molecule has 0 aliphatic heterocycles. The van der Waals surface area contributed by atoms with E-state index in [1.165, 1.54) is 16.7 Å². The predicted octanol–water partition coefficient (Wildman–Crippen LogP) is 2.46. The van der Waals surface area contributed by atoms with Crippen LogP contribution in [-0.2, 0) is 0 Å². The quantitative estimate of drug-likeness (QED) is 0.570. The molecule has 0 aliphatic rings. The summed E-state index contributed by atoms with van der Waals surface area (Å²) in [7, 11) is 0. The topological polar surface area (TPSA) is 38.0 Å². The fraction of sp³-hybridized carbons (Fsp3) is 0.500. The molecule has 3 N–H and O–H groups in total. The maximum atomic E-state index is 5.54. The first-order chi connectivity index (χ1) is 6.56. The van der Waals surface area contributed by atoms with Crippen molar-refractivity contribution in [3.8, 4) is 0 Å². The van der Waals surface area contributed by atoms with E-state index in [9.17, 15) is 0 Å². The molecule has 0 saturated heterocycles. The largest absolute Gasteiger partial charge is 0.271 e. The summed E-state index contributed by atoms with van der Waals surface area (Å²) in [5, 5.41) is 0. The second kappa shape index (κ2) is 4.58. The summed E-state index contributed by atoms with van der Waals surface area (Å²) in [6, 6.07) is 6.75. The molecule has 0 aromatic heterocycles. The highest BCUT2D eigenvalue weighted by Gasteiger charge is 2.13. The summed E-state index contributed by atoms with van der Waals surface area (Å²) in [6.45, 7) is 8.59. The first-order valence-corrected chi connectivity index (χ1v) is 5.09. The van der Waals surface area contributed by atoms with Crippen LogP contribution in [0.1, 0.15) is 36.6 Å². The van der Waals surface area contributed by atoms with Crippen molar-refractivity contribution in [2.75, 3.05) is 0 Å². The molecule has 0 heterocycles. The molecule has 0 saturated carbocycles. The number of nitrogens with two attached hydrogens (primary N) is 1. The number of benzene rings is 1. The van der Waals surface area contributed by atoms with Gasteiger partial charge in [-0.3, -0.25) is 11.3 Å². The lowest BCUT2D eigenvalue weighted by molar-refractivity contribution is 0.421. The molecule has 1 rings (SSSR count). The van der Waals surface area contributed by atoms with E-state index >= 15 is 0 Å². The van der Waals surface area contributed by atoms with Gasteiger partial charge >= 0.3 is 0 Å². The fourth-order valence-corrected chi connectivity index (χ4v) is 1.63. The van der Waals surface area contributed by atoms with Gasteiger partial charge in [0, 0.05) is 6.04 Å². The van der Waals surface area contributed by atoms with E-state index in [2.05, 4.69) is 51.3 Å². The third kappa shape index (κ3) is 2.34. The Labute approximate surface area is 86.5 Å². The number of hydrogen-bond acceptors (Lipinski definition) is 2. The zero-order valence-corrected chi connectivity index (χ0v) is 9.46. The molecule has 1 aromatic carbocycles. The smallest absolute Gasteiger partial charge is 0.0482 e. The van der Waals surface area contributed by atoms with Crippen LogP contribution in [0.3, 0.4) is 0 Å². The lowest BCUT2D eigenvalue weighted by Crippen LogP contribution is -2.31. The van der Waals surface area contributed by atoms with E-state index in [-0.39, 0.29) is 6.04 Å². The minimum Gasteiger partial charge on any atom is -0.271 e. The Morgan fingerprint density at radius 2 is 1.79 bits per heavy atom. The zero-order chi connectivity index (χ0) is 10.7. The van der Waals surface area contributed by atoms with Gasteiger partial charge in [-0.25, -0.2) is 0 Å². The minimum atomic E-state index is 0.245. The average Bonchev–Trinajstić information content (AvgIpc) is 2.11. The van der Waals surface area contributed by atoms with Crippen LogP contribution in [0.4, 0.5) is 0 Å². The van der Waals surface area contributed by atoms with Crippen LogP contribution in [0, 0.1) is 19.8 Å². The Kier molecular flexibility index (Phi) is 3.67. The van der Waals surface area contributed by atoms with Gasteiger partial charge in [0.1, 0.15) is 0 Å². The lowest BCUT2D eigenvalue weighted by Gasteiger charge is -2.21. The van der Waals surface area contributed by atoms with Crippen LogP contribution < -0.4 is 11.3 Å². The van der Waals surface area contributed by atoms with E-state index in [4.69, 9.17) is 5.84 Å². The van der Waals surface area contributed by atoms with Gasteiger partial charge in [0.25, 0.3) is 0 Å². The molecule has 2 heteroatoms. The number of rotatable bonds is 3. The Hall–Kier alpha value is -0.860. The van der Waals surface area contributed by atoms with Gasteiger partial charge in [-0.2, -0.15) is 0 Å². The van der Waals surface area contributed by atoms with Crippen LogP contribution in [-0.4, -0.2) is 0 Å². The molecule has 14 heavy (non-hydrogen) atoms. The Balaban J connectivity index is 3.00. The molecule has 78 valence electrons. The summed E-state index contributed by atoms with van der Waals surface area (Å²) >= 11 is 0. The second-order valence-corrected chi connectivity index (χ2v) is 4.23. The zero-order valence-electron chi connectivity index (χ0n) is 9.46. The molecule has 0 fully saturated rings. The van der Waals surface area contributed by atoms with E-state index < -0.39 is 0 Å². The van der Waals surface area contributed by atoms with E-state index in [1.807, 2.05) is 0 Å². The second-order valence-electron chi connectivity index (χ2n) is 4.23. The van der Waals surface area contributed by atoms with Gasteiger partial charge in [-0.1, -0.05) is 32.0 Å². The first-order valence-electron chi connectivity index (χ1n) is 5.09. The highest BCUT2D eigenvalue weighted by molar-refractivity contribution is 5.31. The standard InChI is InChI=1S/C12H20N2/c1-8(2)12(14-13)11-6-5-9(3)10(4)7-11/h5-8,12,14H,13H2,1-4H3. The SMILES string of the molecule is Cc1ccc(C(NN)C(C)C)cc1C. The van der Waals surface area contributed by atoms with Crippen molar-refractivity contribution in [1.29, 1.82) is 0 Å². The van der Waals surface area contributed by atoms with E-state index in [0.29, 0.717) is 5.92 Å². The molecular formula is C12H20N2. The van der Waals surface area contributed by atoms with Crippen molar-refractivity contribution in [2.24, 2.45) is 11.8 Å². The van der Waals surface area contributed by atoms with Crippen molar-refractivity contribution in [1.82, 2.24) is 5.43 Å². The molecule has 0 bridgehead atoms. The highest BCUT2D eigenvalue weighted by Crippen LogP contribution is 2.22. The van der Waals surface area contributed by atoms with Gasteiger partial charge < -0.3 is 0 Å². The molecule has 1 unspecified atom stereocenters. The summed E-state index contributed by atoms with van der Waals surface area (Å²) in [5.41, 5.74) is 6.78. The van der Waals surface area contributed by atoms with Crippen LogP contribution in [0.25, 0.3) is 0 Å². The van der Waals surface area contributed by atoms with Gasteiger partial charge in [-0.15, -0.1) is 0 Å². The molecular weight excluding hydrogens is 172 g/mol. The normalized spacial score (nSPS) is 13.3. The third-order valence-electron chi connectivity index (χ3n) is 2.74. The Morgan fingerprint density at radius 1 is 1.14 bits per heavy atom. The number of nitrogens with one attached hydrogen (secondary N) is 1. The van der Waals surface area contributed by atoms with Gasteiger partial charge in [0.2, 0.25) is 0 Å². The van der Waals surface area contributed by atoms with Gasteiger partial charge in [-0.05, 0) is 36.5 Å². The third-order valence-corrected chi connectivity index (χ3v) is 2.74. The maximum absolute atomic E-state index is 5.54. The van der Waals surface area contributed by atoms with Crippen LogP contribution in [0.2, 0.25) is 0 Å². The molecule has 1 atom stereocenters. The van der Waals surface area contributed by atoms with E-state index in [1.54, 1.807) is 0 Å². The predicted molar refractivity (Wildman–Crippen MR) is 60.8 cm³/mol. The molecule has 2 nitrogen and oxygen atoms in total. The molecule has 0 spiro atoms. The average molecular weight is 192 g/mol. The molecule has 0 aliphatic carbocycles. The summed E-state index contributed by atoms with van der Waals surface area (Å²) in [5.74, 6) is 6.05. The van der Waals surface area contributed by atoms with Crippen LogP contribution >= 0.6 is 0 Å². The van der Waals surface area contributed by atoms with Crippen molar-refractivity contribution in [3.05, 3.63) is 34.9 Å². The van der Waals surface area contributed by atoms with Crippen LogP contribution in [0.15, 0.2) is 18.2 Å². The van der Waals surface area contributed by atoms with E-state index in [0.717, 1.165) is 0 Å². The molecule has 0 amide bonds.